The number of rotatable bonds is 5. The van der Waals surface area contributed by atoms with Gasteiger partial charge < -0.3 is 0 Å². The second-order valence-electron chi connectivity index (χ2n) is 4.57. The third kappa shape index (κ3) is 3.74. The number of nitro groups is 1. The molecule has 9 heteroatoms. The minimum absolute atomic E-state index is 0.0534. The number of nitro benzene ring substituents is 1. The fraction of sp³-hybridized carbons (Fsp3) is 0.0714. The Bertz CT molecular complexity index is 840. The largest absolute Gasteiger partial charge is 0.270 e. The van der Waals surface area contributed by atoms with Crippen molar-refractivity contribution in [3.63, 3.8) is 0 Å². The molecule has 1 aromatic heterocycles. The zero-order valence-electron chi connectivity index (χ0n) is 11.7. The Balaban J connectivity index is 1.80. The summed E-state index contributed by atoms with van der Waals surface area (Å²) in [5.41, 5.74) is 1.73. The normalized spacial score (nSPS) is 10.7. The van der Waals surface area contributed by atoms with E-state index in [2.05, 4.69) is 31.5 Å². The highest BCUT2D eigenvalue weighted by molar-refractivity contribution is 9.10. The Morgan fingerprint density at radius 1 is 1.22 bits per heavy atom. The zero-order chi connectivity index (χ0) is 16.2. The van der Waals surface area contributed by atoms with E-state index in [1.807, 2.05) is 36.4 Å². The number of benzene rings is 2. The van der Waals surface area contributed by atoms with Crippen LogP contribution in [0.5, 0.6) is 0 Å². The third-order valence-corrected chi connectivity index (χ3v) is 4.41. The molecule has 3 aromatic rings. The summed E-state index contributed by atoms with van der Waals surface area (Å²) >= 11 is 4.71. The maximum atomic E-state index is 10.9. The second-order valence-corrected chi connectivity index (χ2v) is 6.43. The van der Waals surface area contributed by atoms with E-state index in [-0.39, 0.29) is 5.69 Å². The number of halogens is 1. The Kier molecular flexibility index (Phi) is 4.68. The molecule has 0 spiro atoms. The van der Waals surface area contributed by atoms with Gasteiger partial charge in [-0.15, -0.1) is 5.10 Å². The summed E-state index contributed by atoms with van der Waals surface area (Å²) in [6.45, 7) is 0. The van der Waals surface area contributed by atoms with Crippen molar-refractivity contribution in [2.45, 2.75) is 10.9 Å². The molecule has 1 heterocycles. The Morgan fingerprint density at radius 3 is 2.74 bits per heavy atom. The molecule has 116 valence electrons. The molecule has 0 saturated carbocycles. The van der Waals surface area contributed by atoms with Crippen LogP contribution in [-0.4, -0.2) is 25.1 Å². The number of tetrazole rings is 1. The van der Waals surface area contributed by atoms with E-state index in [1.54, 1.807) is 10.7 Å². The average molecular weight is 392 g/mol. The van der Waals surface area contributed by atoms with Crippen molar-refractivity contribution in [1.82, 2.24) is 20.2 Å². The van der Waals surface area contributed by atoms with Crippen LogP contribution in [0.15, 0.2) is 58.2 Å². The Hall–Kier alpha value is -2.26. The van der Waals surface area contributed by atoms with Gasteiger partial charge in [0.1, 0.15) is 0 Å². The van der Waals surface area contributed by atoms with Crippen LogP contribution in [0.4, 0.5) is 5.69 Å². The van der Waals surface area contributed by atoms with E-state index >= 15 is 0 Å². The van der Waals surface area contributed by atoms with Crippen LogP contribution in [0, 0.1) is 10.1 Å². The van der Waals surface area contributed by atoms with Crippen molar-refractivity contribution in [2.75, 3.05) is 0 Å². The van der Waals surface area contributed by atoms with Crippen molar-refractivity contribution in [2.24, 2.45) is 0 Å². The van der Waals surface area contributed by atoms with Crippen LogP contribution in [0.25, 0.3) is 5.69 Å². The Labute approximate surface area is 144 Å². The van der Waals surface area contributed by atoms with Crippen molar-refractivity contribution in [3.8, 4) is 5.69 Å². The maximum Gasteiger partial charge on any atom is 0.270 e. The summed E-state index contributed by atoms with van der Waals surface area (Å²) in [6.07, 6.45) is 0. The number of non-ortho nitro benzene ring substituents is 1. The first-order valence-electron chi connectivity index (χ1n) is 6.54. The second kappa shape index (κ2) is 6.88. The predicted octanol–water partition coefficient (Wildman–Crippen LogP) is 3.63. The minimum Gasteiger partial charge on any atom is -0.258 e. The molecule has 0 aliphatic rings. The molecule has 7 nitrogen and oxygen atoms in total. The highest BCUT2D eigenvalue weighted by atomic mass is 79.9. The van der Waals surface area contributed by atoms with E-state index in [0.29, 0.717) is 15.4 Å². The minimum atomic E-state index is -0.410. The van der Waals surface area contributed by atoms with Gasteiger partial charge in [0.05, 0.1) is 10.6 Å². The first-order chi connectivity index (χ1) is 11.1. The number of hydrogen-bond acceptors (Lipinski definition) is 6. The summed E-state index contributed by atoms with van der Waals surface area (Å²) in [4.78, 5) is 10.5. The van der Waals surface area contributed by atoms with Crippen LogP contribution < -0.4 is 0 Å². The molecule has 0 N–H and O–H groups in total. The van der Waals surface area contributed by atoms with Crippen LogP contribution in [0.2, 0.25) is 0 Å². The third-order valence-electron chi connectivity index (χ3n) is 2.96. The number of thioether (sulfide) groups is 1. The lowest BCUT2D eigenvalue weighted by Crippen LogP contribution is -1.98. The molecule has 0 saturated heterocycles. The fourth-order valence-electron chi connectivity index (χ4n) is 1.97. The van der Waals surface area contributed by atoms with Gasteiger partial charge in [0, 0.05) is 22.4 Å². The summed E-state index contributed by atoms with van der Waals surface area (Å²) in [5, 5.41) is 23.2. The molecule has 0 bridgehead atoms. The SMILES string of the molecule is O=[N+]([O-])c1cc(Br)cc(CSc2nnnn2-c2ccccc2)c1. The topological polar surface area (TPSA) is 86.7 Å². The lowest BCUT2D eigenvalue weighted by atomic mass is 10.2. The first kappa shape index (κ1) is 15.6. The quantitative estimate of drug-likeness (QED) is 0.375. The van der Waals surface area contributed by atoms with Gasteiger partial charge in [-0.2, -0.15) is 4.68 Å². The van der Waals surface area contributed by atoms with Gasteiger partial charge in [-0.1, -0.05) is 45.9 Å². The van der Waals surface area contributed by atoms with Gasteiger partial charge in [-0.3, -0.25) is 10.1 Å². The molecule has 0 fully saturated rings. The van der Waals surface area contributed by atoms with Gasteiger partial charge in [-0.05, 0) is 34.2 Å². The van der Waals surface area contributed by atoms with E-state index in [0.717, 1.165) is 11.3 Å². The molecule has 2 aromatic carbocycles. The number of hydrogen-bond donors (Lipinski definition) is 0. The molecule has 0 atom stereocenters. The van der Waals surface area contributed by atoms with E-state index in [1.165, 1.54) is 17.8 Å². The van der Waals surface area contributed by atoms with Gasteiger partial charge in [0.15, 0.2) is 0 Å². The first-order valence-corrected chi connectivity index (χ1v) is 8.32. The van der Waals surface area contributed by atoms with Gasteiger partial charge in [0.25, 0.3) is 5.69 Å². The van der Waals surface area contributed by atoms with Crippen molar-refractivity contribution < 1.29 is 4.92 Å². The maximum absolute atomic E-state index is 10.9. The summed E-state index contributed by atoms with van der Waals surface area (Å²) in [6, 6.07) is 14.4. The summed E-state index contributed by atoms with van der Waals surface area (Å²) in [5.74, 6) is 0.521. The Morgan fingerprint density at radius 2 is 2.00 bits per heavy atom. The molecular formula is C14H10BrN5O2S. The average Bonchev–Trinajstić information content (AvgIpc) is 3.02. The highest BCUT2D eigenvalue weighted by Crippen LogP contribution is 2.27. The van der Waals surface area contributed by atoms with Crippen LogP contribution in [-0.2, 0) is 5.75 Å². The van der Waals surface area contributed by atoms with Crippen molar-refractivity contribution in [1.29, 1.82) is 0 Å². The predicted molar refractivity (Wildman–Crippen MR) is 89.5 cm³/mol. The number of para-hydroxylation sites is 1. The number of nitrogens with zero attached hydrogens (tertiary/aromatic N) is 5. The number of aromatic nitrogens is 4. The van der Waals surface area contributed by atoms with Crippen molar-refractivity contribution in [3.05, 3.63) is 68.7 Å². The van der Waals surface area contributed by atoms with Crippen molar-refractivity contribution >= 4 is 33.4 Å². The van der Waals surface area contributed by atoms with E-state index in [9.17, 15) is 10.1 Å². The van der Waals surface area contributed by atoms with Crippen LogP contribution in [0.1, 0.15) is 5.56 Å². The molecule has 3 rings (SSSR count). The monoisotopic (exact) mass is 391 g/mol. The lowest BCUT2D eigenvalue weighted by molar-refractivity contribution is -0.385. The molecular weight excluding hydrogens is 382 g/mol. The van der Waals surface area contributed by atoms with Gasteiger partial charge in [0.2, 0.25) is 5.16 Å². The molecule has 0 unspecified atom stereocenters. The van der Waals surface area contributed by atoms with Gasteiger partial charge in [-0.25, -0.2) is 0 Å². The van der Waals surface area contributed by atoms with Crippen LogP contribution >= 0.6 is 27.7 Å². The molecule has 0 radical (unpaired) electrons. The van der Waals surface area contributed by atoms with Gasteiger partial charge >= 0.3 is 0 Å². The standard InChI is InChI=1S/C14H10BrN5O2S/c15-11-6-10(7-13(8-11)20(21)22)9-23-14-16-17-18-19(14)12-4-2-1-3-5-12/h1-8H,9H2. The molecule has 23 heavy (non-hydrogen) atoms. The summed E-state index contributed by atoms with van der Waals surface area (Å²) in [7, 11) is 0. The lowest BCUT2D eigenvalue weighted by Gasteiger charge is -2.04. The molecule has 0 amide bonds. The molecule has 0 aliphatic carbocycles. The summed E-state index contributed by atoms with van der Waals surface area (Å²) < 4.78 is 2.31. The highest BCUT2D eigenvalue weighted by Gasteiger charge is 2.12. The fourth-order valence-corrected chi connectivity index (χ4v) is 3.32. The smallest absolute Gasteiger partial charge is 0.258 e. The molecule has 0 aliphatic heterocycles. The van der Waals surface area contributed by atoms with E-state index < -0.39 is 4.92 Å². The zero-order valence-corrected chi connectivity index (χ0v) is 14.1. The van der Waals surface area contributed by atoms with E-state index in [4.69, 9.17) is 0 Å². The van der Waals surface area contributed by atoms with Crippen LogP contribution in [0.3, 0.4) is 0 Å².